The predicted molar refractivity (Wildman–Crippen MR) is 51.2 cm³/mol. The number of hydrogen-bond donors (Lipinski definition) is 1. The lowest BCUT2D eigenvalue weighted by Gasteiger charge is -2.03. The number of alkyl halides is 1. The SMILES string of the molecule is CNc1ccc(C)c(CBr)n1. The van der Waals surface area contributed by atoms with Crippen molar-refractivity contribution in [2.24, 2.45) is 0 Å². The topological polar surface area (TPSA) is 24.9 Å². The van der Waals surface area contributed by atoms with E-state index in [0.717, 1.165) is 16.8 Å². The van der Waals surface area contributed by atoms with E-state index >= 15 is 0 Å². The highest BCUT2D eigenvalue weighted by molar-refractivity contribution is 9.08. The van der Waals surface area contributed by atoms with Gasteiger partial charge in [-0.25, -0.2) is 4.98 Å². The van der Waals surface area contributed by atoms with Gasteiger partial charge >= 0.3 is 0 Å². The maximum Gasteiger partial charge on any atom is 0.126 e. The second-order valence-electron chi connectivity index (χ2n) is 2.34. The van der Waals surface area contributed by atoms with Crippen molar-refractivity contribution >= 4 is 21.7 Å². The average molecular weight is 215 g/mol. The molecule has 0 unspecified atom stereocenters. The summed E-state index contributed by atoms with van der Waals surface area (Å²) in [6.45, 7) is 2.06. The first-order chi connectivity index (χ1) is 5.27. The van der Waals surface area contributed by atoms with Gasteiger partial charge in [0.2, 0.25) is 0 Å². The highest BCUT2D eigenvalue weighted by Gasteiger charge is 1.98. The van der Waals surface area contributed by atoms with E-state index in [4.69, 9.17) is 0 Å². The Morgan fingerprint density at radius 1 is 1.55 bits per heavy atom. The molecule has 0 saturated carbocycles. The summed E-state index contributed by atoms with van der Waals surface area (Å²) in [6.07, 6.45) is 0. The van der Waals surface area contributed by atoms with Crippen molar-refractivity contribution in [1.82, 2.24) is 4.98 Å². The molecular formula is C8H11BrN2. The third kappa shape index (κ3) is 1.93. The van der Waals surface area contributed by atoms with Gasteiger partial charge in [0.15, 0.2) is 0 Å². The molecule has 11 heavy (non-hydrogen) atoms. The molecule has 2 nitrogen and oxygen atoms in total. The average Bonchev–Trinajstić information content (AvgIpc) is 2.05. The van der Waals surface area contributed by atoms with Crippen LogP contribution < -0.4 is 5.32 Å². The molecule has 0 bridgehead atoms. The van der Waals surface area contributed by atoms with Crippen LogP contribution in [0.3, 0.4) is 0 Å². The predicted octanol–water partition coefficient (Wildman–Crippen LogP) is 2.33. The quantitative estimate of drug-likeness (QED) is 0.765. The van der Waals surface area contributed by atoms with Crippen molar-refractivity contribution in [2.75, 3.05) is 12.4 Å². The first-order valence-corrected chi connectivity index (χ1v) is 4.60. The Balaban J connectivity index is 3.02. The lowest BCUT2D eigenvalue weighted by atomic mass is 10.2. The van der Waals surface area contributed by atoms with Gasteiger partial charge in [-0.1, -0.05) is 22.0 Å². The van der Waals surface area contributed by atoms with Crippen molar-refractivity contribution in [3.8, 4) is 0 Å². The zero-order chi connectivity index (χ0) is 8.27. The summed E-state index contributed by atoms with van der Waals surface area (Å²) >= 11 is 3.38. The minimum absolute atomic E-state index is 0.814. The van der Waals surface area contributed by atoms with Gasteiger partial charge in [0.25, 0.3) is 0 Å². The first kappa shape index (κ1) is 8.53. The van der Waals surface area contributed by atoms with E-state index < -0.39 is 0 Å². The first-order valence-electron chi connectivity index (χ1n) is 3.48. The molecule has 1 aromatic rings. The van der Waals surface area contributed by atoms with Crippen LogP contribution in [0.5, 0.6) is 0 Å². The van der Waals surface area contributed by atoms with Crippen molar-refractivity contribution in [2.45, 2.75) is 12.3 Å². The number of pyridine rings is 1. The number of rotatable bonds is 2. The van der Waals surface area contributed by atoms with Crippen molar-refractivity contribution in [3.05, 3.63) is 23.4 Å². The molecular weight excluding hydrogens is 204 g/mol. The summed E-state index contributed by atoms with van der Waals surface area (Å²) in [5.74, 6) is 0.921. The van der Waals surface area contributed by atoms with E-state index in [2.05, 4.69) is 39.2 Å². The van der Waals surface area contributed by atoms with Crippen LogP contribution in [0.4, 0.5) is 5.82 Å². The molecule has 60 valence electrons. The molecule has 0 fully saturated rings. The lowest BCUT2D eigenvalue weighted by molar-refractivity contribution is 1.13. The molecule has 0 aliphatic heterocycles. The maximum atomic E-state index is 4.35. The molecule has 0 spiro atoms. The smallest absolute Gasteiger partial charge is 0.126 e. The Labute approximate surface area is 75.2 Å². The van der Waals surface area contributed by atoms with E-state index in [1.807, 2.05) is 13.1 Å². The molecule has 0 radical (unpaired) electrons. The zero-order valence-corrected chi connectivity index (χ0v) is 8.27. The number of aromatic nitrogens is 1. The fourth-order valence-electron chi connectivity index (χ4n) is 0.845. The van der Waals surface area contributed by atoms with Gasteiger partial charge in [-0.05, 0) is 18.6 Å². The number of halogens is 1. The summed E-state index contributed by atoms with van der Waals surface area (Å²) in [7, 11) is 1.87. The summed E-state index contributed by atoms with van der Waals surface area (Å²) in [5, 5.41) is 3.81. The third-order valence-corrected chi connectivity index (χ3v) is 2.12. The summed E-state index contributed by atoms with van der Waals surface area (Å²) in [5.41, 5.74) is 2.32. The Bertz CT molecular complexity index is 248. The Kier molecular flexibility index (Phi) is 2.88. The fourth-order valence-corrected chi connectivity index (χ4v) is 1.41. The molecule has 0 atom stereocenters. The lowest BCUT2D eigenvalue weighted by Crippen LogP contribution is -1.96. The molecule has 0 aliphatic carbocycles. The second kappa shape index (κ2) is 3.72. The van der Waals surface area contributed by atoms with Crippen LogP contribution in [0.1, 0.15) is 11.3 Å². The molecule has 0 amide bonds. The van der Waals surface area contributed by atoms with Crippen LogP contribution in [-0.4, -0.2) is 12.0 Å². The molecule has 3 heteroatoms. The highest BCUT2D eigenvalue weighted by atomic mass is 79.9. The number of nitrogens with one attached hydrogen (secondary N) is 1. The van der Waals surface area contributed by atoms with Crippen LogP contribution in [0.25, 0.3) is 0 Å². The van der Waals surface area contributed by atoms with Crippen LogP contribution in [0.15, 0.2) is 12.1 Å². The molecule has 0 saturated heterocycles. The Morgan fingerprint density at radius 3 is 2.82 bits per heavy atom. The third-order valence-electron chi connectivity index (χ3n) is 1.58. The minimum atomic E-state index is 0.814. The maximum absolute atomic E-state index is 4.35. The van der Waals surface area contributed by atoms with E-state index in [0.29, 0.717) is 0 Å². The van der Waals surface area contributed by atoms with Crippen LogP contribution in [0, 0.1) is 6.92 Å². The summed E-state index contributed by atoms with van der Waals surface area (Å²) < 4.78 is 0. The van der Waals surface area contributed by atoms with Crippen molar-refractivity contribution in [3.63, 3.8) is 0 Å². The highest BCUT2D eigenvalue weighted by Crippen LogP contribution is 2.12. The van der Waals surface area contributed by atoms with E-state index in [9.17, 15) is 0 Å². The number of aryl methyl sites for hydroxylation is 1. The van der Waals surface area contributed by atoms with E-state index in [1.54, 1.807) is 0 Å². The molecule has 1 rings (SSSR count). The molecule has 1 heterocycles. The van der Waals surface area contributed by atoms with Gasteiger partial charge < -0.3 is 5.32 Å². The standard InChI is InChI=1S/C8H11BrN2/c1-6-3-4-8(10-2)11-7(6)5-9/h3-4H,5H2,1-2H3,(H,10,11). The Morgan fingerprint density at radius 2 is 2.27 bits per heavy atom. The number of hydrogen-bond acceptors (Lipinski definition) is 2. The van der Waals surface area contributed by atoms with Crippen LogP contribution >= 0.6 is 15.9 Å². The largest absolute Gasteiger partial charge is 0.373 e. The van der Waals surface area contributed by atoms with E-state index in [-0.39, 0.29) is 0 Å². The van der Waals surface area contributed by atoms with Gasteiger partial charge in [-0.15, -0.1) is 0 Å². The summed E-state index contributed by atoms with van der Waals surface area (Å²) in [4.78, 5) is 4.35. The second-order valence-corrected chi connectivity index (χ2v) is 2.90. The molecule has 0 aliphatic rings. The molecule has 1 aromatic heterocycles. The van der Waals surface area contributed by atoms with E-state index in [1.165, 1.54) is 5.56 Å². The van der Waals surface area contributed by atoms with Gasteiger partial charge in [0, 0.05) is 12.4 Å². The summed E-state index contributed by atoms with van der Waals surface area (Å²) in [6, 6.07) is 4.04. The normalized spacial score (nSPS) is 9.73. The van der Waals surface area contributed by atoms with Gasteiger partial charge in [-0.2, -0.15) is 0 Å². The monoisotopic (exact) mass is 214 g/mol. The van der Waals surface area contributed by atoms with Gasteiger partial charge in [-0.3, -0.25) is 0 Å². The molecule has 0 aromatic carbocycles. The minimum Gasteiger partial charge on any atom is -0.373 e. The zero-order valence-electron chi connectivity index (χ0n) is 6.69. The number of anilines is 1. The van der Waals surface area contributed by atoms with Gasteiger partial charge in [0.1, 0.15) is 5.82 Å². The van der Waals surface area contributed by atoms with Gasteiger partial charge in [0.05, 0.1) is 5.69 Å². The number of nitrogens with zero attached hydrogens (tertiary/aromatic N) is 1. The van der Waals surface area contributed by atoms with Crippen LogP contribution in [0.2, 0.25) is 0 Å². The molecule has 1 N–H and O–H groups in total. The van der Waals surface area contributed by atoms with Crippen LogP contribution in [-0.2, 0) is 5.33 Å². The Hall–Kier alpha value is -0.570. The van der Waals surface area contributed by atoms with Crippen molar-refractivity contribution in [1.29, 1.82) is 0 Å². The fraction of sp³-hybridized carbons (Fsp3) is 0.375. The van der Waals surface area contributed by atoms with Crippen molar-refractivity contribution < 1.29 is 0 Å².